The molecule has 1 aliphatic carbocycles. The highest BCUT2D eigenvalue weighted by atomic mass is 15.2. The predicted molar refractivity (Wildman–Crippen MR) is 51.0 cm³/mol. The lowest BCUT2D eigenvalue weighted by molar-refractivity contribution is 0.0800. The summed E-state index contributed by atoms with van der Waals surface area (Å²) in [5.41, 5.74) is 6.27. The van der Waals surface area contributed by atoms with E-state index in [0.29, 0.717) is 0 Å². The van der Waals surface area contributed by atoms with Gasteiger partial charge >= 0.3 is 0 Å². The number of hydrogen-bond donors (Lipinski definition) is 1. The van der Waals surface area contributed by atoms with Crippen LogP contribution < -0.4 is 5.73 Å². The van der Waals surface area contributed by atoms with E-state index >= 15 is 0 Å². The Kier molecular flexibility index (Phi) is 2.37. The molecule has 0 bridgehead atoms. The molecule has 0 aromatic rings. The largest absolute Gasteiger partial charge is 0.330 e. The van der Waals surface area contributed by atoms with Crippen LogP contribution in [0.15, 0.2) is 0 Å². The zero-order valence-electron chi connectivity index (χ0n) is 7.89. The highest BCUT2D eigenvalue weighted by Crippen LogP contribution is 2.52. The third kappa shape index (κ3) is 1.80. The molecule has 12 heavy (non-hydrogen) atoms. The van der Waals surface area contributed by atoms with E-state index < -0.39 is 0 Å². The van der Waals surface area contributed by atoms with Crippen molar-refractivity contribution < 1.29 is 0 Å². The molecular weight excluding hydrogens is 148 g/mol. The zero-order chi connectivity index (χ0) is 8.44. The Bertz CT molecular complexity index is 144. The van der Waals surface area contributed by atoms with Crippen LogP contribution in [0.1, 0.15) is 32.1 Å². The van der Waals surface area contributed by atoms with Gasteiger partial charge in [-0.2, -0.15) is 0 Å². The van der Waals surface area contributed by atoms with Crippen LogP contribution in [-0.4, -0.2) is 31.1 Å². The standard InChI is InChI=1S/C10H20N2/c11-6-2-1-3-7-12-8-10(9-12)4-5-10/h1-9,11H2. The van der Waals surface area contributed by atoms with Crippen molar-refractivity contribution in [3.05, 3.63) is 0 Å². The SMILES string of the molecule is NCCCCCN1CC2(CC2)C1. The number of hydrogen-bond acceptors (Lipinski definition) is 2. The van der Waals surface area contributed by atoms with Gasteiger partial charge in [0.25, 0.3) is 0 Å². The van der Waals surface area contributed by atoms with E-state index in [9.17, 15) is 0 Å². The topological polar surface area (TPSA) is 29.3 Å². The summed E-state index contributed by atoms with van der Waals surface area (Å²) < 4.78 is 0. The minimum absolute atomic E-state index is 0.841. The Hall–Kier alpha value is -0.0800. The third-order valence-corrected chi connectivity index (χ3v) is 3.25. The predicted octanol–water partition coefficient (Wildman–Crippen LogP) is 1.21. The van der Waals surface area contributed by atoms with Crippen LogP contribution in [0, 0.1) is 5.41 Å². The van der Waals surface area contributed by atoms with Crippen LogP contribution >= 0.6 is 0 Å². The number of unbranched alkanes of at least 4 members (excludes halogenated alkanes) is 2. The van der Waals surface area contributed by atoms with E-state index in [1.54, 1.807) is 0 Å². The van der Waals surface area contributed by atoms with Gasteiger partial charge in [0.2, 0.25) is 0 Å². The summed E-state index contributed by atoms with van der Waals surface area (Å²) in [6.07, 6.45) is 6.89. The first kappa shape index (κ1) is 8.52. The van der Waals surface area contributed by atoms with Gasteiger partial charge in [0.15, 0.2) is 0 Å². The molecule has 2 fully saturated rings. The Morgan fingerprint density at radius 2 is 1.83 bits per heavy atom. The Morgan fingerprint density at radius 1 is 1.08 bits per heavy atom. The molecule has 0 radical (unpaired) electrons. The Balaban J connectivity index is 1.47. The molecule has 0 amide bonds. The van der Waals surface area contributed by atoms with Crippen molar-refractivity contribution in [2.75, 3.05) is 26.2 Å². The first-order chi connectivity index (χ1) is 5.85. The molecule has 0 aromatic carbocycles. The summed E-state index contributed by atoms with van der Waals surface area (Å²) in [4.78, 5) is 2.60. The van der Waals surface area contributed by atoms with Gasteiger partial charge in [0.05, 0.1) is 0 Å². The molecular formula is C10H20N2. The molecule has 1 heterocycles. The van der Waals surface area contributed by atoms with Gasteiger partial charge < -0.3 is 10.6 Å². The molecule has 2 nitrogen and oxygen atoms in total. The lowest BCUT2D eigenvalue weighted by atomic mass is 9.96. The maximum Gasteiger partial charge on any atom is 0.00505 e. The number of nitrogens with zero attached hydrogens (tertiary/aromatic N) is 1. The summed E-state index contributed by atoms with van der Waals surface area (Å²) in [6, 6.07) is 0. The van der Waals surface area contributed by atoms with Crippen LogP contribution in [0.5, 0.6) is 0 Å². The van der Waals surface area contributed by atoms with E-state index in [1.165, 1.54) is 51.7 Å². The van der Waals surface area contributed by atoms with E-state index in [-0.39, 0.29) is 0 Å². The molecule has 2 heteroatoms. The highest BCUT2D eigenvalue weighted by Gasteiger charge is 2.51. The lowest BCUT2D eigenvalue weighted by Crippen LogP contribution is -2.48. The molecule has 0 unspecified atom stereocenters. The molecule has 2 rings (SSSR count). The maximum atomic E-state index is 5.43. The van der Waals surface area contributed by atoms with Crippen molar-refractivity contribution in [1.82, 2.24) is 4.90 Å². The summed E-state index contributed by atoms with van der Waals surface area (Å²) >= 11 is 0. The summed E-state index contributed by atoms with van der Waals surface area (Å²) in [6.45, 7) is 4.98. The maximum absolute atomic E-state index is 5.43. The zero-order valence-corrected chi connectivity index (χ0v) is 7.89. The molecule has 0 aromatic heterocycles. The second-order valence-corrected chi connectivity index (χ2v) is 4.56. The summed E-state index contributed by atoms with van der Waals surface area (Å²) in [7, 11) is 0. The Labute approximate surface area is 75.1 Å². The van der Waals surface area contributed by atoms with E-state index in [1.807, 2.05) is 0 Å². The summed E-state index contributed by atoms with van der Waals surface area (Å²) in [5, 5.41) is 0. The van der Waals surface area contributed by atoms with E-state index in [4.69, 9.17) is 5.73 Å². The van der Waals surface area contributed by atoms with Crippen molar-refractivity contribution in [1.29, 1.82) is 0 Å². The summed E-state index contributed by atoms with van der Waals surface area (Å²) in [5.74, 6) is 0. The second kappa shape index (κ2) is 3.35. The minimum atomic E-state index is 0.841. The minimum Gasteiger partial charge on any atom is -0.330 e. The lowest BCUT2D eigenvalue weighted by Gasteiger charge is -2.40. The van der Waals surface area contributed by atoms with Crippen molar-refractivity contribution in [2.45, 2.75) is 32.1 Å². The Morgan fingerprint density at radius 3 is 2.42 bits per heavy atom. The number of likely N-dealkylation sites (tertiary alicyclic amines) is 1. The average Bonchev–Trinajstić information content (AvgIpc) is 2.76. The molecule has 1 spiro atoms. The van der Waals surface area contributed by atoms with Crippen LogP contribution in [0.25, 0.3) is 0 Å². The van der Waals surface area contributed by atoms with Gasteiger partial charge in [-0.25, -0.2) is 0 Å². The van der Waals surface area contributed by atoms with Crippen molar-refractivity contribution in [3.63, 3.8) is 0 Å². The highest BCUT2D eigenvalue weighted by molar-refractivity contribution is 5.04. The van der Waals surface area contributed by atoms with Crippen molar-refractivity contribution >= 4 is 0 Å². The first-order valence-electron chi connectivity index (χ1n) is 5.27. The monoisotopic (exact) mass is 168 g/mol. The normalized spacial score (nSPS) is 25.8. The van der Waals surface area contributed by atoms with Crippen LogP contribution in [0.3, 0.4) is 0 Å². The fourth-order valence-electron chi connectivity index (χ4n) is 2.21. The van der Waals surface area contributed by atoms with Crippen LogP contribution in [-0.2, 0) is 0 Å². The molecule has 0 atom stereocenters. The van der Waals surface area contributed by atoms with Gasteiger partial charge in [0.1, 0.15) is 0 Å². The number of rotatable bonds is 5. The molecule has 70 valence electrons. The van der Waals surface area contributed by atoms with Crippen LogP contribution in [0.4, 0.5) is 0 Å². The molecule has 1 aliphatic heterocycles. The second-order valence-electron chi connectivity index (χ2n) is 4.56. The van der Waals surface area contributed by atoms with E-state index in [0.717, 1.165) is 12.0 Å². The fraction of sp³-hybridized carbons (Fsp3) is 1.00. The fourth-order valence-corrected chi connectivity index (χ4v) is 2.21. The van der Waals surface area contributed by atoms with Gasteiger partial charge in [-0.3, -0.25) is 0 Å². The first-order valence-corrected chi connectivity index (χ1v) is 5.27. The van der Waals surface area contributed by atoms with Gasteiger partial charge in [-0.15, -0.1) is 0 Å². The average molecular weight is 168 g/mol. The molecule has 2 N–H and O–H groups in total. The van der Waals surface area contributed by atoms with Gasteiger partial charge in [-0.05, 0) is 44.2 Å². The van der Waals surface area contributed by atoms with Crippen molar-refractivity contribution in [2.24, 2.45) is 11.1 Å². The molecule has 1 saturated heterocycles. The van der Waals surface area contributed by atoms with Crippen LogP contribution in [0.2, 0.25) is 0 Å². The van der Waals surface area contributed by atoms with Crippen molar-refractivity contribution in [3.8, 4) is 0 Å². The van der Waals surface area contributed by atoms with Gasteiger partial charge in [-0.1, -0.05) is 6.42 Å². The third-order valence-electron chi connectivity index (χ3n) is 3.25. The van der Waals surface area contributed by atoms with E-state index in [2.05, 4.69) is 4.90 Å². The molecule has 2 aliphatic rings. The number of nitrogens with two attached hydrogens (primary N) is 1. The molecule has 1 saturated carbocycles. The smallest absolute Gasteiger partial charge is 0.00505 e. The quantitative estimate of drug-likeness (QED) is 0.625. The van der Waals surface area contributed by atoms with Gasteiger partial charge in [0, 0.05) is 13.1 Å².